The van der Waals surface area contributed by atoms with Gasteiger partial charge in [-0.2, -0.15) is 0 Å². The summed E-state index contributed by atoms with van der Waals surface area (Å²) in [5.41, 5.74) is -0.702. The summed E-state index contributed by atoms with van der Waals surface area (Å²) in [5, 5.41) is 33.0. The number of nitrogens with zero attached hydrogens (tertiary/aromatic N) is 1. The highest BCUT2D eigenvalue weighted by Crippen LogP contribution is 2.31. The van der Waals surface area contributed by atoms with Gasteiger partial charge in [0.15, 0.2) is 0 Å². The van der Waals surface area contributed by atoms with Gasteiger partial charge >= 0.3 is 0 Å². The van der Waals surface area contributed by atoms with Crippen molar-refractivity contribution in [3.05, 3.63) is 0 Å². The zero-order valence-corrected chi connectivity index (χ0v) is 18.0. The lowest BCUT2D eigenvalue weighted by Crippen LogP contribution is -2.65. The van der Waals surface area contributed by atoms with Crippen molar-refractivity contribution in [1.82, 2.24) is 10.2 Å². The van der Waals surface area contributed by atoms with E-state index in [2.05, 4.69) is 12.2 Å². The normalized spacial score (nSPS) is 39.9. The Morgan fingerprint density at radius 2 is 2.00 bits per heavy atom. The summed E-state index contributed by atoms with van der Waals surface area (Å²) in [6, 6.07) is -0.934. The molecule has 0 aromatic heterocycles. The van der Waals surface area contributed by atoms with Crippen molar-refractivity contribution in [2.45, 2.75) is 80.4 Å². The molecule has 0 saturated carbocycles. The molecule has 7 nitrogen and oxygen atoms in total. The minimum atomic E-state index is -1.36. The summed E-state index contributed by atoms with van der Waals surface area (Å²) >= 11 is 7.55. The number of thioether (sulfide) groups is 1. The first kappa shape index (κ1) is 23.2. The van der Waals surface area contributed by atoms with E-state index in [0.717, 1.165) is 25.8 Å². The van der Waals surface area contributed by atoms with Gasteiger partial charge < -0.3 is 25.4 Å². The number of hydrogen-bond acceptors (Lipinski definition) is 7. The van der Waals surface area contributed by atoms with E-state index in [4.69, 9.17) is 16.3 Å². The van der Waals surface area contributed by atoms with Crippen molar-refractivity contribution in [1.29, 1.82) is 0 Å². The maximum atomic E-state index is 12.9. The second kappa shape index (κ2) is 10.1. The van der Waals surface area contributed by atoms with Gasteiger partial charge in [0.25, 0.3) is 0 Å². The SMILES string of the molecule is CCC[C@@H]1C[C@@H](C(=O)N[C@H]([C@H](C)Cl)[C@H]2OC(SC)C(O)C(O)C2O)N(C)C1. The van der Waals surface area contributed by atoms with Crippen LogP contribution in [0.3, 0.4) is 0 Å². The molecule has 0 spiro atoms. The molecule has 9 atom stereocenters. The van der Waals surface area contributed by atoms with Crippen LogP contribution in [0.5, 0.6) is 0 Å². The molecule has 4 unspecified atom stereocenters. The summed E-state index contributed by atoms with van der Waals surface area (Å²) in [5.74, 6) is 0.350. The molecular weight excluding hydrogens is 392 g/mol. The van der Waals surface area contributed by atoms with Gasteiger partial charge in [-0.25, -0.2) is 0 Å². The molecule has 2 aliphatic heterocycles. The highest BCUT2D eigenvalue weighted by Gasteiger charge is 2.48. The number of likely N-dealkylation sites (tertiary alicyclic amines) is 1. The Labute approximate surface area is 170 Å². The smallest absolute Gasteiger partial charge is 0.237 e. The third-order valence-electron chi connectivity index (χ3n) is 5.63. The number of halogens is 1. The molecule has 2 heterocycles. The zero-order chi connectivity index (χ0) is 20.3. The van der Waals surface area contributed by atoms with Crippen LogP contribution in [0.25, 0.3) is 0 Å². The van der Waals surface area contributed by atoms with Crippen molar-refractivity contribution in [2.75, 3.05) is 19.8 Å². The summed E-state index contributed by atoms with van der Waals surface area (Å²) < 4.78 is 5.79. The minimum Gasteiger partial charge on any atom is -0.388 e. The average molecular weight is 425 g/mol. The summed E-state index contributed by atoms with van der Waals surface area (Å²) in [6.45, 7) is 4.74. The van der Waals surface area contributed by atoms with Crippen molar-refractivity contribution in [2.24, 2.45) is 5.92 Å². The molecule has 9 heteroatoms. The number of alkyl halides is 1. The van der Waals surface area contributed by atoms with Crippen LogP contribution in [0.1, 0.15) is 33.1 Å². The lowest BCUT2D eigenvalue weighted by molar-refractivity contribution is -0.205. The number of amides is 1. The molecule has 0 aliphatic carbocycles. The van der Waals surface area contributed by atoms with E-state index in [1.165, 1.54) is 11.8 Å². The molecule has 2 rings (SSSR count). The maximum absolute atomic E-state index is 12.9. The van der Waals surface area contributed by atoms with E-state index in [0.29, 0.717) is 5.92 Å². The van der Waals surface area contributed by atoms with Gasteiger partial charge in [0.05, 0.1) is 17.5 Å². The van der Waals surface area contributed by atoms with Gasteiger partial charge in [0, 0.05) is 6.54 Å². The summed E-state index contributed by atoms with van der Waals surface area (Å²) in [7, 11) is 1.94. The summed E-state index contributed by atoms with van der Waals surface area (Å²) in [6.07, 6.45) is -0.0980. The molecule has 2 aliphatic rings. The maximum Gasteiger partial charge on any atom is 0.237 e. The number of aliphatic hydroxyl groups excluding tert-OH is 3. The number of aliphatic hydroxyl groups is 3. The predicted molar refractivity (Wildman–Crippen MR) is 107 cm³/mol. The van der Waals surface area contributed by atoms with Gasteiger partial charge in [-0.3, -0.25) is 9.69 Å². The first-order valence-electron chi connectivity index (χ1n) is 9.58. The van der Waals surface area contributed by atoms with E-state index in [1.807, 2.05) is 11.9 Å². The van der Waals surface area contributed by atoms with Crippen LogP contribution in [0, 0.1) is 5.92 Å². The molecule has 1 amide bonds. The molecule has 0 aromatic rings. The molecule has 4 N–H and O–H groups in total. The molecule has 0 aromatic carbocycles. The van der Waals surface area contributed by atoms with Crippen molar-refractivity contribution in [3.63, 3.8) is 0 Å². The lowest BCUT2D eigenvalue weighted by atomic mass is 9.92. The van der Waals surface area contributed by atoms with Gasteiger partial charge in [0.1, 0.15) is 29.9 Å². The average Bonchev–Trinajstić information content (AvgIpc) is 2.99. The summed E-state index contributed by atoms with van der Waals surface area (Å²) in [4.78, 5) is 14.9. The monoisotopic (exact) mass is 424 g/mol. The standard InChI is InChI=1S/C18H33ClN2O5S/c1-5-6-10-7-11(21(3)8-10)17(25)20-12(9(2)19)16-14(23)13(22)15(24)18(26-16)27-4/h9-16,18,22-24H,5-8H2,1-4H3,(H,20,25)/t9-,10+,11-,12+,13?,14?,15?,16+,18?/m0/s1. The number of ether oxygens (including phenoxy) is 1. The number of carbonyl (C=O) groups excluding carboxylic acids is 1. The fourth-order valence-electron chi connectivity index (χ4n) is 4.11. The highest BCUT2D eigenvalue weighted by atomic mass is 35.5. The van der Waals surface area contributed by atoms with Crippen LogP contribution < -0.4 is 5.32 Å². The molecule has 2 saturated heterocycles. The van der Waals surface area contributed by atoms with Crippen LogP contribution in [0.2, 0.25) is 0 Å². The Bertz CT molecular complexity index is 498. The third-order valence-corrected chi connectivity index (χ3v) is 6.76. The Hall–Kier alpha value is -0.0900. The van der Waals surface area contributed by atoms with E-state index < -0.39 is 41.3 Å². The van der Waals surface area contributed by atoms with Gasteiger partial charge in [-0.1, -0.05) is 13.3 Å². The second-order valence-electron chi connectivity index (χ2n) is 7.73. The molecule has 2 fully saturated rings. The number of hydrogen-bond donors (Lipinski definition) is 4. The fourth-order valence-corrected chi connectivity index (χ4v) is 5.00. The second-order valence-corrected chi connectivity index (χ2v) is 9.36. The van der Waals surface area contributed by atoms with Gasteiger partial charge in [-0.05, 0) is 39.0 Å². The van der Waals surface area contributed by atoms with E-state index in [-0.39, 0.29) is 11.9 Å². The third kappa shape index (κ3) is 5.29. The lowest BCUT2D eigenvalue weighted by Gasteiger charge is -2.44. The molecule has 158 valence electrons. The fraction of sp³-hybridized carbons (Fsp3) is 0.944. The minimum absolute atomic E-state index is 0.147. The molecule has 0 bridgehead atoms. The van der Waals surface area contributed by atoms with Gasteiger partial charge in [-0.15, -0.1) is 23.4 Å². The van der Waals surface area contributed by atoms with Gasteiger partial charge in [0.2, 0.25) is 5.91 Å². The van der Waals surface area contributed by atoms with Crippen LogP contribution >= 0.6 is 23.4 Å². The van der Waals surface area contributed by atoms with Crippen LogP contribution in [-0.4, -0.2) is 93.3 Å². The number of nitrogens with one attached hydrogen (secondary N) is 1. The molecule has 27 heavy (non-hydrogen) atoms. The van der Waals surface area contributed by atoms with E-state index in [9.17, 15) is 20.1 Å². The topological polar surface area (TPSA) is 102 Å². The Balaban J connectivity index is 2.09. The first-order valence-corrected chi connectivity index (χ1v) is 11.3. The molecular formula is C18H33ClN2O5S. The van der Waals surface area contributed by atoms with Crippen molar-refractivity contribution >= 4 is 29.3 Å². The van der Waals surface area contributed by atoms with Crippen LogP contribution in [0.15, 0.2) is 0 Å². The van der Waals surface area contributed by atoms with E-state index in [1.54, 1.807) is 13.2 Å². The zero-order valence-electron chi connectivity index (χ0n) is 16.4. The number of likely N-dealkylation sites (N-methyl/N-ethyl adjacent to an activating group) is 1. The Morgan fingerprint density at radius 3 is 2.56 bits per heavy atom. The number of rotatable bonds is 7. The van der Waals surface area contributed by atoms with Crippen molar-refractivity contribution in [3.8, 4) is 0 Å². The first-order chi connectivity index (χ1) is 12.7. The largest absolute Gasteiger partial charge is 0.388 e. The Morgan fingerprint density at radius 1 is 1.33 bits per heavy atom. The van der Waals surface area contributed by atoms with E-state index >= 15 is 0 Å². The highest BCUT2D eigenvalue weighted by molar-refractivity contribution is 7.99. The predicted octanol–water partition coefficient (Wildman–Crippen LogP) is 0.390. The van der Waals surface area contributed by atoms with Crippen LogP contribution in [0.4, 0.5) is 0 Å². The number of carbonyl (C=O) groups is 1. The quantitative estimate of drug-likeness (QED) is 0.438. The van der Waals surface area contributed by atoms with Crippen LogP contribution in [-0.2, 0) is 9.53 Å². The molecule has 0 radical (unpaired) electrons. The Kier molecular flexibility index (Phi) is 8.67. The van der Waals surface area contributed by atoms with Crippen molar-refractivity contribution < 1.29 is 24.9 Å².